The molecule has 1 saturated heterocycles. The first kappa shape index (κ1) is 18.9. The molecule has 0 atom stereocenters. The van der Waals surface area contributed by atoms with Gasteiger partial charge in [-0.05, 0) is 17.7 Å². The Hall–Kier alpha value is -3.45. The van der Waals surface area contributed by atoms with Crippen LogP contribution in [-0.4, -0.2) is 42.2 Å². The maximum Gasteiger partial charge on any atom is 0.258 e. The SMILES string of the molecule is O=C(Nc1ccccc1N1CCOCC1)c1cnc(NCc2ccccc2)nc1. The third kappa shape index (κ3) is 4.89. The average molecular weight is 389 g/mol. The number of nitrogens with zero attached hydrogens (tertiary/aromatic N) is 3. The zero-order chi connectivity index (χ0) is 19.9. The second kappa shape index (κ2) is 9.16. The van der Waals surface area contributed by atoms with E-state index in [2.05, 4.69) is 25.5 Å². The van der Waals surface area contributed by atoms with Gasteiger partial charge in [0.2, 0.25) is 5.95 Å². The number of morpholine rings is 1. The van der Waals surface area contributed by atoms with Gasteiger partial charge in [0, 0.05) is 32.0 Å². The fourth-order valence-corrected chi connectivity index (χ4v) is 3.17. The fourth-order valence-electron chi connectivity index (χ4n) is 3.17. The first-order chi connectivity index (χ1) is 14.3. The summed E-state index contributed by atoms with van der Waals surface area (Å²) in [6.07, 6.45) is 3.07. The number of rotatable bonds is 6. The second-order valence-electron chi connectivity index (χ2n) is 6.71. The van der Waals surface area contributed by atoms with Gasteiger partial charge >= 0.3 is 0 Å². The minimum atomic E-state index is -0.236. The lowest BCUT2D eigenvalue weighted by atomic mass is 10.2. The van der Waals surface area contributed by atoms with Crippen molar-refractivity contribution < 1.29 is 9.53 Å². The molecular weight excluding hydrogens is 366 g/mol. The molecule has 0 radical (unpaired) electrons. The highest BCUT2D eigenvalue weighted by Crippen LogP contribution is 2.26. The van der Waals surface area contributed by atoms with E-state index in [-0.39, 0.29) is 5.91 Å². The predicted molar refractivity (Wildman–Crippen MR) is 113 cm³/mol. The molecule has 2 heterocycles. The number of benzene rings is 2. The van der Waals surface area contributed by atoms with Crippen LogP contribution in [0, 0.1) is 0 Å². The number of carbonyl (C=O) groups is 1. The van der Waals surface area contributed by atoms with Crippen molar-refractivity contribution in [2.24, 2.45) is 0 Å². The van der Waals surface area contributed by atoms with Crippen LogP contribution in [0.15, 0.2) is 67.0 Å². The number of ether oxygens (including phenoxy) is 1. The van der Waals surface area contributed by atoms with E-state index in [0.29, 0.717) is 31.3 Å². The van der Waals surface area contributed by atoms with Gasteiger partial charge < -0.3 is 20.3 Å². The Morgan fingerprint density at radius 1 is 0.966 bits per heavy atom. The van der Waals surface area contributed by atoms with Crippen LogP contribution in [0.25, 0.3) is 0 Å². The van der Waals surface area contributed by atoms with Gasteiger partial charge in [0.05, 0.1) is 30.2 Å². The van der Waals surface area contributed by atoms with Crippen LogP contribution in [0.5, 0.6) is 0 Å². The van der Waals surface area contributed by atoms with Crippen molar-refractivity contribution >= 4 is 23.2 Å². The molecular formula is C22H23N5O2. The zero-order valence-corrected chi connectivity index (χ0v) is 16.0. The molecule has 0 unspecified atom stereocenters. The van der Waals surface area contributed by atoms with Crippen LogP contribution < -0.4 is 15.5 Å². The molecule has 0 bridgehead atoms. The summed E-state index contributed by atoms with van der Waals surface area (Å²) in [4.78, 5) is 23.4. The Kier molecular flexibility index (Phi) is 5.97. The average Bonchev–Trinajstić information content (AvgIpc) is 2.80. The van der Waals surface area contributed by atoms with Crippen molar-refractivity contribution in [3.05, 3.63) is 78.1 Å². The number of hydrogen-bond donors (Lipinski definition) is 2. The molecule has 1 aromatic heterocycles. The third-order valence-electron chi connectivity index (χ3n) is 4.71. The number of hydrogen-bond acceptors (Lipinski definition) is 6. The van der Waals surface area contributed by atoms with Gasteiger partial charge in [0.25, 0.3) is 5.91 Å². The Bertz CT molecular complexity index is 941. The van der Waals surface area contributed by atoms with E-state index in [9.17, 15) is 4.79 Å². The highest BCUT2D eigenvalue weighted by molar-refractivity contribution is 6.05. The van der Waals surface area contributed by atoms with E-state index in [1.807, 2.05) is 54.6 Å². The number of para-hydroxylation sites is 2. The molecule has 1 amide bonds. The van der Waals surface area contributed by atoms with Gasteiger partial charge in [-0.15, -0.1) is 0 Å². The molecule has 7 nitrogen and oxygen atoms in total. The Labute approximate surface area is 169 Å². The van der Waals surface area contributed by atoms with E-state index in [1.165, 1.54) is 12.4 Å². The number of amides is 1. The molecule has 2 N–H and O–H groups in total. The third-order valence-corrected chi connectivity index (χ3v) is 4.71. The predicted octanol–water partition coefficient (Wildman–Crippen LogP) is 3.18. The highest BCUT2D eigenvalue weighted by atomic mass is 16.5. The summed E-state index contributed by atoms with van der Waals surface area (Å²) in [7, 11) is 0. The molecule has 0 saturated carbocycles. The topological polar surface area (TPSA) is 79.4 Å². The summed E-state index contributed by atoms with van der Waals surface area (Å²) in [5.41, 5.74) is 3.31. The lowest BCUT2D eigenvalue weighted by Gasteiger charge is -2.30. The first-order valence-electron chi connectivity index (χ1n) is 9.62. The largest absolute Gasteiger partial charge is 0.378 e. The van der Waals surface area contributed by atoms with Crippen LogP contribution >= 0.6 is 0 Å². The van der Waals surface area contributed by atoms with Crippen LogP contribution in [0.4, 0.5) is 17.3 Å². The van der Waals surface area contributed by atoms with E-state index < -0.39 is 0 Å². The Morgan fingerprint density at radius 3 is 2.41 bits per heavy atom. The summed E-state index contributed by atoms with van der Waals surface area (Å²) in [5, 5.41) is 6.14. The molecule has 1 aliphatic rings. The monoisotopic (exact) mass is 389 g/mol. The van der Waals surface area contributed by atoms with Crippen LogP contribution in [-0.2, 0) is 11.3 Å². The molecule has 148 valence electrons. The minimum Gasteiger partial charge on any atom is -0.378 e. The first-order valence-corrected chi connectivity index (χ1v) is 9.62. The Morgan fingerprint density at radius 2 is 1.66 bits per heavy atom. The molecule has 7 heteroatoms. The summed E-state index contributed by atoms with van der Waals surface area (Å²) in [6.45, 7) is 3.61. The fraction of sp³-hybridized carbons (Fsp3) is 0.227. The number of aromatic nitrogens is 2. The van der Waals surface area contributed by atoms with E-state index >= 15 is 0 Å². The molecule has 2 aromatic carbocycles. The van der Waals surface area contributed by atoms with Crippen molar-refractivity contribution in [2.75, 3.05) is 41.8 Å². The number of nitrogens with one attached hydrogen (secondary N) is 2. The summed E-state index contributed by atoms with van der Waals surface area (Å²) < 4.78 is 5.42. The van der Waals surface area contributed by atoms with Gasteiger partial charge in [-0.3, -0.25) is 4.79 Å². The maximum absolute atomic E-state index is 12.7. The molecule has 29 heavy (non-hydrogen) atoms. The van der Waals surface area contributed by atoms with Crippen molar-refractivity contribution in [1.82, 2.24) is 9.97 Å². The molecule has 4 rings (SSSR count). The van der Waals surface area contributed by atoms with Crippen molar-refractivity contribution in [1.29, 1.82) is 0 Å². The molecule has 1 aliphatic heterocycles. The number of anilines is 3. The molecule has 0 aliphatic carbocycles. The van der Waals surface area contributed by atoms with E-state index in [1.54, 1.807) is 0 Å². The second-order valence-corrected chi connectivity index (χ2v) is 6.71. The van der Waals surface area contributed by atoms with Gasteiger partial charge in [0.1, 0.15) is 0 Å². The van der Waals surface area contributed by atoms with Crippen LogP contribution in [0.3, 0.4) is 0 Å². The van der Waals surface area contributed by atoms with Crippen LogP contribution in [0.2, 0.25) is 0 Å². The Balaban J connectivity index is 1.40. The lowest BCUT2D eigenvalue weighted by Crippen LogP contribution is -2.36. The minimum absolute atomic E-state index is 0.236. The van der Waals surface area contributed by atoms with E-state index in [0.717, 1.165) is 30.0 Å². The molecule has 1 fully saturated rings. The van der Waals surface area contributed by atoms with Crippen LogP contribution in [0.1, 0.15) is 15.9 Å². The summed E-state index contributed by atoms with van der Waals surface area (Å²) in [6, 6.07) is 17.8. The smallest absolute Gasteiger partial charge is 0.258 e. The lowest BCUT2D eigenvalue weighted by molar-refractivity contribution is 0.102. The van der Waals surface area contributed by atoms with Crippen molar-refractivity contribution in [2.45, 2.75) is 6.54 Å². The zero-order valence-electron chi connectivity index (χ0n) is 16.0. The summed E-state index contributed by atoms with van der Waals surface area (Å²) >= 11 is 0. The van der Waals surface area contributed by atoms with E-state index in [4.69, 9.17) is 4.74 Å². The quantitative estimate of drug-likeness (QED) is 0.674. The van der Waals surface area contributed by atoms with Crippen molar-refractivity contribution in [3.63, 3.8) is 0 Å². The maximum atomic E-state index is 12.7. The van der Waals surface area contributed by atoms with Gasteiger partial charge in [-0.1, -0.05) is 42.5 Å². The van der Waals surface area contributed by atoms with Gasteiger partial charge in [0.15, 0.2) is 0 Å². The standard InChI is InChI=1S/C22H23N5O2/c28-21(26-19-8-4-5-9-20(19)27-10-12-29-13-11-27)18-15-24-22(25-16-18)23-14-17-6-2-1-3-7-17/h1-9,15-16H,10-14H2,(H,26,28)(H,23,24,25). The van der Waals surface area contributed by atoms with Crippen molar-refractivity contribution in [3.8, 4) is 0 Å². The van der Waals surface area contributed by atoms with Gasteiger partial charge in [-0.25, -0.2) is 9.97 Å². The normalized spacial score (nSPS) is 13.7. The molecule has 0 spiro atoms. The highest BCUT2D eigenvalue weighted by Gasteiger charge is 2.16. The summed E-state index contributed by atoms with van der Waals surface area (Å²) in [5.74, 6) is 0.249. The molecule has 3 aromatic rings. The number of carbonyl (C=O) groups excluding carboxylic acids is 1. The van der Waals surface area contributed by atoms with Gasteiger partial charge in [-0.2, -0.15) is 0 Å².